The van der Waals surface area contributed by atoms with Crippen LogP contribution in [-0.4, -0.2) is 23.1 Å². The van der Waals surface area contributed by atoms with Crippen LogP contribution < -0.4 is 0 Å². The Morgan fingerprint density at radius 2 is 0.824 bits per heavy atom. The predicted octanol–water partition coefficient (Wildman–Crippen LogP) is 15.7. The third-order valence-corrected chi connectivity index (χ3v) is 10.1. The molecule has 0 bridgehead atoms. The molecule has 0 aromatic carbocycles. The lowest BCUT2D eigenvalue weighted by atomic mass is 10.0. The van der Waals surface area contributed by atoms with Crippen molar-refractivity contribution in [1.29, 1.82) is 0 Å². The molecule has 0 aliphatic heterocycles. The van der Waals surface area contributed by atoms with E-state index in [1.807, 2.05) is 0 Å². The summed E-state index contributed by atoms with van der Waals surface area (Å²) in [5.41, 5.74) is 0. The second-order valence-corrected chi connectivity index (χ2v) is 15.2. The van der Waals surface area contributed by atoms with E-state index in [0.717, 1.165) is 70.6 Å². The van der Waals surface area contributed by atoms with E-state index in [1.54, 1.807) is 0 Å². The summed E-state index contributed by atoms with van der Waals surface area (Å²) < 4.78 is 5.92. The van der Waals surface area contributed by atoms with Gasteiger partial charge in [-0.25, -0.2) is 0 Å². The van der Waals surface area contributed by atoms with Crippen molar-refractivity contribution in [3.63, 3.8) is 0 Å². The number of esters is 1. The van der Waals surface area contributed by atoms with E-state index in [2.05, 4.69) is 50.3 Å². The number of carbonyl (C=O) groups excluding carboxylic acids is 1. The van der Waals surface area contributed by atoms with E-state index in [4.69, 9.17) is 9.84 Å². The summed E-state index contributed by atoms with van der Waals surface area (Å²) in [6.07, 6.45) is 56.3. The summed E-state index contributed by atoms with van der Waals surface area (Å²) in [6.45, 7) is 4.53. The zero-order valence-corrected chi connectivity index (χ0v) is 34.2. The molecule has 1 atom stereocenters. The lowest BCUT2D eigenvalue weighted by Crippen LogP contribution is -2.16. The van der Waals surface area contributed by atoms with Crippen molar-refractivity contribution in [3.8, 4) is 0 Å². The standard InChI is InChI=1S/C47H86O4/c1-3-5-7-9-11-13-14-15-16-17-18-19-20-21-22-23-24-25-26-28-30-36-40-44-47(50)51-45(41-37-33-29-27-12-10-8-6-4-2)42-38-34-31-32-35-39-43-46(48)49/h17-18,27,29,37,41,45H,3-16,19-26,28,30-36,38-40,42-44H2,1-2H3,(H,48,49)/b18-17-,29-27-,41-37-. The smallest absolute Gasteiger partial charge is 0.306 e. The number of aliphatic carboxylic acids is 1. The van der Waals surface area contributed by atoms with E-state index >= 15 is 0 Å². The van der Waals surface area contributed by atoms with Crippen LogP contribution in [0.3, 0.4) is 0 Å². The molecule has 0 aromatic heterocycles. The van der Waals surface area contributed by atoms with Crippen LogP contribution in [0, 0.1) is 0 Å². The molecule has 0 aliphatic carbocycles. The number of carboxylic acids is 1. The summed E-state index contributed by atoms with van der Waals surface area (Å²) in [6, 6.07) is 0. The second kappa shape index (κ2) is 42.6. The first-order chi connectivity index (χ1) is 25.1. The summed E-state index contributed by atoms with van der Waals surface area (Å²) in [7, 11) is 0. The van der Waals surface area contributed by atoms with Gasteiger partial charge in [0.1, 0.15) is 6.10 Å². The van der Waals surface area contributed by atoms with Crippen LogP contribution in [0.25, 0.3) is 0 Å². The van der Waals surface area contributed by atoms with Crippen molar-refractivity contribution in [2.24, 2.45) is 0 Å². The van der Waals surface area contributed by atoms with Crippen LogP contribution >= 0.6 is 0 Å². The Bertz CT molecular complexity index is 813. The predicted molar refractivity (Wildman–Crippen MR) is 222 cm³/mol. The zero-order chi connectivity index (χ0) is 37.1. The van der Waals surface area contributed by atoms with Crippen molar-refractivity contribution in [2.75, 3.05) is 0 Å². The maximum absolute atomic E-state index is 12.7. The average molecular weight is 715 g/mol. The van der Waals surface area contributed by atoms with Crippen LogP contribution in [-0.2, 0) is 14.3 Å². The molecular weight excluding hydrogens is 629 g/mol. The summed E-state index contributed by atoms with van der Waals surface area (Å²) in [5.74, 6) is -0.754. The monoisotopic (exact) mass is 715 g/mol. The van der Waals surface area contributed by atoms with Crippen molar-refractivity contribution in [1.82, 2.24) is 0 Å². The number of allylic oxidation sites excluding steroid dienone is 5. The Hall–Kier alpha value is -1.84. The highest BCUT2D eigenvalue weighted by Crippen LogP contribution is 2.16. The first-order valence-electron chi connectivity index (χ1n) is 22.5. The fraction of sp³-hybridized carbons (Fsp3) is 0.830. The van der Waals surface area contributed by atoms with E-state index in [9.17, 15) is 9.59 Å². The maximum Gasteiger partial charge on any atom is 0.306 e. The van der Waals surface area contributed by atoms with Gasteiger partial charge in [-0.3, -0.25) is 9.59 Å². The fourth-order valence-electron chi connectivity index (χ4n) is 6.72. The molecule has 0 amide bonds. The van der Waals surface area contributed by atoms with Crippen LogP contribution in [0.5, 0.6) is 0 Å². The van der Waals surface area contributed by atoms with Gasteiger partial charge in [-0.1, -0.05) is 192 Å². The molecule has 0 heterocycles. The number of rotatable bonds is 41. The number of carboxylic acid groups (broad SMARTS) is 1. The van der Waals surface area contributed by atoms with Gasteiger partial charge in [-0.15, -0.1) is 0 Å². The highest BCUT2D eigenvalue weighted by atomic mass is 16.5. The van der Waals surface area contributed by atoms with Gasteiger partial charge in [-0.2, -0.15) is 0 Å². The quantitative estimate of drug-likeness (QED) is 0.0389. The summed E-state index contributed by atoms with van der Waals surface area (Å²) >= 11 is 0. The molecule has 0 rings (SSSR count). The van der Waals surface area contributed by atoms with Gasteiger partial charge < -0.3 is 9.84 Å². The average Bonchev–Trinajstić information content (AvgIpc) is 3.12. The van der Waals surface area contributed by atoms with E-state index < -0.39 is 5.97 Å². The van der Waals surface area contributed by atoms with Gasteiger partial charge in [0.05, 0.1) is 0 Å². The Morgan fingerprint density at radius 3 is 1.29 bits per heavy atom. The van der Waals surface area contributed by atoms with Gasteiger partial charge in [0, 0.05) is 12.8 Å². The van der Waals surface area contributed by atoms with Gasteiger partial charge in [0.25, 0.3) is 0 Å². The van der Waals surface area contributed by atoms with Crippen LogP contribution in [0.4, 0.5) is 0 Å². The number of ether oxygens (including phenoxy) is 1. The molecule has 4 nitrogen and oxygen atoms in total. The van der Waals surface area contributed by atoms with E-state index in [0.29, 0.717) is 6.42 Å². The minimum atomic E-state index is -0.702. The van der Waals surface area contributed by atoms with Crippen molar-refractivity contribution >= 4 is 11.9 Å². The maximum atomic E-state index is 12.7. The third-order valence-electron chi connectivity index (χ3n) is 10.1. The molecule has 0 saturated heterocycles. The van der Waals surface area contributed by atoms with Crippen LogP contribution in [0.15, 0.2) is 36.5 Å². The Balaban J connectivity index is 3.90. The lowest BCUT2D eigenvalue weighted by Gasteiger charge is -2.14. The van der Waals surface area contributed by atoms with Gasteiger partial charge in [-0.05, 0) is 76.7 Å². The lowest BCUT2D eigenvalue weighted by molar-refractivity contribution is -0.147. The van der Waals surface area contributed by atoms with Gasteiger partial charge >= 0.3 is 11.9 Å². The molecule has 0 spiro atoms. The highest BCUT2D eigenvalue weighted by Gasteiger charge is 2.11. The van der Waals surface area contributed by atoms with Crippen molar-refractivity contribution < 1.29 is 19.4 Å². The Morgan fingerprint density at radius 1 is 0.451 bits per heavy atom. The topological polar surface area (TPSA) is 63.6 Å². The van der Waals surface area contributed by atoms with Gasteiger partial charge in [0.2, 0.25) is 0 Å². The Labute approximate surface area is 318 Å². The van der Waals surface area contributed by atoms with Crippen LogP contribution in [0.1, 0.15) is 245 Å². The number of hydrogen-bond donors (Lipinski definition) is 1. The normalized spacial score (nSPS) is 12.5. The molecule has 298 valence electrons. The fourth-order valence-corrected chi connectivity index (χ4v) is 6.72. The Kier molecular flexibility index (Phi) is 41.0. The first-order valence-corrected chi connectivity index (χ1v) is 22.5. The molecule has 0 aromatic rings. The minimum absolute atomic E-state index is 0.0521. The molecule has 1 N–H and O–H groups in total. The minimum Gasteiger partial charge on any atom is -0.481 e. The third kappa shape index (κ3) is 42.5. The SMILES string of the molecule is CCCCCC/C=C\C/C=C\C(CCCCCCCCC(=O)O)OC(=O)CCCCCCCCCCCCC/C=C\CCCCCCCCCC. The summed E-state index contributed by atoms with van der Waals surface area (Å²) in [4.78, 5) is 23.4. The first kappa shape index (κ1) is 49.2. The molecule has 51 heavy (non-hydrogen) atoms. The molecule has 4 heteroatoms. The number of hydrogen-bond acceptors (Lipinski definition) is 3. The van der Waals surface area contributed by atoms with Crippen LogP contribution in [0.2, 0.25) is 0 Å². The largest absolute Gasteiger partial charge is 0.481 e. The molecule has 1 unspecified atom stereocenters. The highest BCUT2D eigenvalue weighted by molar-refractivity contribution is 5.69. The summed E-state index contributed by atoms with van der Waals surface area (Å²) in [5, 5.41) is 8.79. The molecule has 0 radical (unpaired) electrons. The van der Waals surface area contributed by atoms with E-state index in [1.165, 1.54) is 148 Å². The molecule has 0 fully saturated rings. The van der Waals surface area contributed by atoms with Gasteiger partial charge in [0.15, 0.2) is 0 Å². The van der Waals surface area contributed by atoms with E-state index in [-0.39, 0.29) is 18.5 Å². The number of carbonyl (C=O) groups is 2. The zero-order valence-electron chi connectivity index (χ0n) is 34.2. The molecule has 0 aliphatic rings. The van der Waals surface area contributed by atoms with Crippen molar-refractivity contribution in [3.05, 3.63) is 36.5 Å². The molecule has 0 saturated carbocycles. The molecular formula is C47H86O4. The van der Waals surface area contributed by atoms with Crippen molar-refractivity contribution in [2.45, 2.75) is 251 Å². The number of unbranched alkanes of at least 4 members (excludes halogenated alkanes) is 28. The second-order valence-electron chi connectivity index (χ2n) is 15.2.